The molecular formula is C38H50N2O3P2. The molecule has 4 atom stereocenters. The molecule has 4 aromatic carbocycles. The zero-order valence-corrected chi connectivity index (χ0v) is 29.8. The summed E-state index contributed by atoms with van der Waals surface area (Å²) in [4.78, 5) is 4.77. The first-order valence-corrected chi connectivity index (χ1v) is 19.3. The predicted molar refractivity (Wildman–Crippen MR) is 194 cm³/mol. The molecular weight excluding hydrogens is 594 g/mol. The molecule has 240 valence electrons. The largest absolute Gasteiger partial charge is 0.360 e. The summed E-state index contributed by atoms with van der Waals surface area (Å²) >= 11 is 0. The third-order valence-corrected chi connectivity index (χ3v) is 12.3. The number of benzene rings is 4. The van der Waals surface area contributed by atoms with Gasteiger partial charge in [-0.3, -0.25) is 9.80 Å². The first-order valence-electron chi connectivity index (χ1n) is 16.3. The molecule has 0 spiro atoms. The van der Waals surface area contributed by atoms with Gasteiger partial charge in [-0.15, -0.1) is 0 Å². The summed E-state index contributed by atoms with van der Waals surface area (Å²) < 4.78 is 34.1. The molecule has 0 amide bonds. The van der Waals surface area contributed by atoms with Crippen molar-refractivity contribution in [1.29, 1.82) is 0 Å². The molecule has 0 aliphatic carbocycles. The van der Waals surface area contributed by atoms with Gasteiger partial charge in [0.25, 0.3) is 0 Å². The van der Waals surface area contributed by atoms with Gasteiger partial charge in [-0.1, -0.05) is 125 Å². The van der Waals surface area contributed by atoms with E-state index >= 15 is 0 Å². The van der Waals surface area contributed by atoms with Crippen LogP contribution in [0.3, 0.4) is 0 Å². The molecule has 0 aliphatic heterocycles. The first-order chi connectivity index (χ1) is 21.8. The van der Waals surface area contributed by atoms with E-state index in [1.54, 1.807) is 0 Å². The first kappa shape index (κ1) is 35.1. The van der Waals surface area contributed by atoms with Gasteiger partial charge in [-0.05, 0) is 73.4 Å². The molecule has 0 saturated heterocycles. The lowest BCUT2D eigenvalue weighted by Gasteiger charge is -2.22. The van der Waals surface area contributed by atoms with Crippen LogP contribution < -0.4 is 10.6 Å². The molecule has 0 saturated carbocycles. The number of rotatable bonds is 16. The zero-order chi connectivity index (χ0) is 32.3. The Hall–Kier alpha value is -2.78. The van der Waals surface area contributed by atoms with E-state index in [4.69, 9.17) is 4.74 Å². The molecule has 0 aromatic heterocycles. The summed E-state index contributed by atoms with van der Waals surface area (Å²) in [5.74, 6) is -1.12. The van der Waals surface area contributed by atoms with Crippen LogP contribution in [-0.2, 0) is 27.0 Å². The topological polar surface area (TPSA) is 49.9 Å². The normalized spacial score (nSPS) is 14.4. The van der Waals surface area contributed by atoms with E-state index in [-0.39, 0.29) is 0 Å². The molecule has 0 fully saturated rings. The molecule has 45 heavy (non-hydrogen) atoms. The van der Waals surface area contributed by atoms with Crippen molar-refractivity contribution in [1.82, 2.24) is 9.80 Å². The summed E-state index contributed by atoms with van der Waals surface area (Å²) in [6, 6.07) is 32.9. The lowest BCUT2D eigenvalue weighted by Crippen LogP contribution is -2.22. The Morgan fingerprint density at radius 1 is 0.533 bits per heavy atom. The Morgan fingerprint density at radius 2 is 0.867 bits per heavy atom. The summed E-state index contributed by atoms with van der Waals surface area (Å²) in [6.45, 7) is 18.3. The maximum Gasteiger partial charge on any atom is 0.131 e. The van der Waals surface area contributed by atoms with E-state index < -0.39 is 27.3 Å². The van der Waals surface area contributed by atoms with E-state index in [9.17, 15) is 9.13 Å². The summed E-state index contributed by atoms with van der Waals surface area (Å²) in [7, 11) is -4.71. The van der Waals surface area contributed by atoms with Crippen LogP contribution in [0.5, 0.6) is 0 Å². The van der Waals surface area contributed by atoms with E-state index in [1.165, 1.54) is 11.1 Å². The van der Waals surface area contributed by atoms with Crippen LogP contribution in [-0.4, -0.2) is 47.7 Å². The van der Waals surface area contributed by atoms with Gasteiger partial charge in [0.05, 0.1) is 0 Å². The Balaban J connectivity index is 1.48. The van der Waals surface area contributed by atoms with E-state index in [0.29, 0.717) is 0 Å². The molecule has 7 heteroatoms. The number of hydrogen-bond donors (Lipinski definition) is 0. The van der Waals surface area contributed by atoms with Crippen LogP contribution in [0.2, 0.25) is 0 Å². The van der Waals surface area contributed by atoms with Crippen molar-refractivity contribution in [2.75, 3.05) is 26.2 Å². The van der Waals surface area contributed by atoms with Gasteiger partial charge < -0.3 is 13.9 Å². The maximum atomic E-state index is 13.9. The van der Waals surface area contributed by atoms with Crippen molar-refractivity contribution < 1.29 is 13.9 Å². The molecule has 0 radical (unpaired) electrons. The van der Waals surface area contributed by atoms with Gasteiger partial charge in [0.2, 0.25) is 0 Å². The lowest BCUT2D eigenvalue weighted by atomic mass is 10.0. The molecule has 5 nitrogen and oxygen atoms in total. The number of ether oxygens (including phenoxy) is 1. The maximum absolute atomic E-state index is 13.9. The third kappa shape index (κ3) is 9.16. The molecule has 4 aromatic rings. The average molecular weight is 645 g/mol. The van der Waals surface area contributed by atoms with E-state index in [1.807, 2.05) is 62.4 Å². The van der Waals surface area contributed by atoms with Gasteiger partial charge >= 0.3 is 0 Å². The van der Waals surface area contributed by atoms with Crippen LogP contribution >= 0.6 is 15.6 Å². The van der Waals surface area contributed by atoms with Crippen molar-refractivity contribution in [3.63, 3.8) is 0 Å². The van der Waals surface area contributed by atoms with E-state index in [0.717, 1.165) is 72.1 Å². The highest BCUT2D eigenvalue weighted by molar-refractivity contribution is 7.55. The summed E-state index contributed by atoms with van der Waals surface area (Å²) in [6.07, 6.45) is 0. The lowest BCUT2D eigenvalue weighted by molar-refractivity contribution is 0.103. The monoisotopic (exact) mass is 644 g/mol. The van der Waals surface area contributed by atoms with Crippen LogP contribution in [0.15, 0.2) is 97.1 Å². The van der Waals surface area contributed by atoms with Crippen molar-refractivity contribution in [3.8, 4) is 22.3 Å². The highest BCUT2D eigenvalue weighted by atomic mass is 31.1. The highest BCUT2D eigenvalue weighted by Gasteiger charge is 2.24. The van der Waals surface area contributed by atoms with Crippen LogP contribution in [0.25, 0.3) is 22.3 Å². The third-order valence-electron chi connectivity index (χ3n) is 8.66. The number of hydrogen-bond acceptors (Lipinski definition) is 5. The second-order valence-corrected chi connectivity index (χ2v) is 15.7. The fourth-order valence-electron chi connectivity index (χ4n) is 5.76. The van der Waals surface area contributed by atoms with Crippen molar-refractivity contribution in [3.05, 3.63) is 108 Å². The van der Waals surface area contributed by atoms with Crippen molar-refractivity contribution in [2.24, 2.45) is 0 Å². The van der Waals surface area contributed by atoms with Gasteiger partial charge in [0, 0.05) is 23.7 Å². The van der Waals surface area contributed by atoms with Crippen molar-refractivity contribution in [2.45, 2.75) is 66.3 Å². The fourth-order valence-corrected chi connectivity index (χ4v) is 8.93. The smallest absolute Gasteiger partial charge is 0.131 e. The standard InChI is InChI=1S/C38H50N2O3P2/c1-7-39(8-2)27-31-19-23-33(24-20-31)35-15-11-13-17-37(35)44(41)29(5)43-30(6)45(42)38-18-14-12-16-36(38)34-25-21-32(22-26-34)28-40(9-3)10-4/h11-26,29-30,44-45H,7-10,27-28H2,1-6H3. The minimum atomic E-state index is -2.36. The molecule has 0 aliphatic rings. The second kappa shape index (κ2) is 17.2. The number of nitrogens with zero attached hydrogens (tertiary/aromatic N) is 2. The van der Waals surface area contributed by atoms with Gasteiger partial charge in [0.1, 0.15) is 27.3 Å². The molecule has 4 unspecified atom stereocenters. The Morgan fingerprint density at radius 3 is 1.20 bits per heavy atom. The average Bonchev–Trinajstić information content (AvgIpc) is 3.09. The van der Waals surface area contributed by atoms with Gasteiger partial charge in [0.15, 0.2) is 0 Å². The molecule has 0 N–H and O–H groups in total. The Kier molecular flexibility index (Phi) is 13.4. The predicted octanol–water partition coefficient (Wildman–Crippen LogP) is 8.48. The van der Waals surface area contributed by atoms with Crippen LogP contribution in [0.4, 0.5) is 0 Å². The quantitative estimate of drug-likeness (QED) is 0.115. The molecule has 4 rings (SSSR count). The molecule has 0 bridgehead atoms. The van der Waals surface area contributed by atoms with Crippen molar-refractivity contribution >= 4 is 26.2 Å². The minimum absolute atomic E-state index is 0.562. The van der Waals surface area contributed by atoms with Gasteiger partial charge in [-0.25, -0.2) is 0 Å². The second-order valence-electron chi connectivity index (χ2n) is 11.6. The highest BCUT2D eigenvalue weighted by Crippen LogP contribution is 2.39. The fraction of sp³-hybridized carbons (Fsp3) is 0.368. The summed E-state index contributed by atoms with van der Waals surface area (Å²) in [5, 5.41) is 1.59. The van der Waals surface area contributed by atoms with Crippen LogP contribution in [0, 0.1) is 0 Å². The van der Waals surface area contributed by atoms with E-state index in [2.05, 4.69) is 86.0 Å². The van der Waals surface area contributed by atoms with Crippen LogP contribution in [0.1, 0.15) is 52.7 Å². The summed E-state index contributed by atoms with van der Waals surface area (Å²) in [5.41, 5.74) is 6.53. The Labute approximate surface area is 272 Å². The molecule has 0 heterocycles. The zero-order valence-electron chi connectivity index (χ0n) is 27.8. The van der Waals surface area contributed by atoms with Gasteiger partial charge in [-0.2, -0.15) is 0 Å². The SMILES string of the molecule is CCN(CC)Cc1ccc(-c2ccccc2[PH](=O)C(C)OC(C)[PH](=O)c2ccccc2-c2ccc(CN(CC)CC)cc2)cc1. The Bertz CT molecular complexity index is 1430. The minimum Gasteiger partial charge on any atom is -0.360 e.